The molecule has 0 N–H and O–H groups in total. The highest BCUT2D eigenvalue weighted by molar-refractivity contribution is 6.67. The first-order chi connectivity index (χ1) is 7.03. The van der Waals surface area contributed by atoms with Crippen LogP contribution in [0.15, 0.2) is 0 Å². The molecule has 1 aliphatic rings. The average molecular weight is 274 g/mol. The van der Waals surface area contributed by atoms with Crippen LogP contribution in [-0.4, -0.2) is 16.5 Å². The first kappa shape index (κ1) is 13.9. The molecule has 4 heteroatoms. The number of unbranched alkanes of at least 4 members (excludes halogenated alkanes) is 3. The molecule has 0 aromatic carbocycles. The van der Waals surface area contributed by atoms with Crippen LogP contribution in [0.4, 0.5) is 0 Å². The summed E-state index contributed by atoms with van der Waals surface area (Å²) in [6, 6.07) is 0. The van der Waals surface area contributed by atoms with Crippen LogP contribution >= 0.6 is 34.8 Å². The van der Waals surface area contributed by atoms with Crippen molar-refractivity contribution in [2.45, 2.75) is 55.3 Å². The normalized spacial score (nSPS) is 22.8. The summed E-state index contributed by atoms with van der Waals surface area (Å²) in [5.41, 5.74) is 0. The Bertz CT molecular complexity index is 175. The second kappa shape index (κ2) is 6.54. The summed E-state index contributed by atoms with van der Waals surface area (Å²) in [6.45, 7) is 3.06. The van der Waals surface area contributed by atoms with Crippen LogP contribution in [0.5, 0.6) is 0 Å². The lowest BCUT2D eigenvalue weighted by molar-refractivity contribution is 0.297. The predicted molar refractivity (Wildman–Crippen MR) is 66.9 cm³/mol. The Labute approximate surface area is 107 Å². The standard InChI is InChI=1S/C11H19Cl3O/c1-2-3-4-5-6-9(10-8-15-10)7-11(12,13)14/h9-10H,2-8H2,1H3. The second-order valence-corrected chi connectivity index (χ2v) is 6.82. The zero-order valence-corrected chi connectivity index (χ0v) is 11.4. The van der Waals surface area contributed by atoms with Crippen LogP contribution in [-0.2, 0) is 4.74 Å². The summed E-state index contributed by atoms with van der Waals surface area (Å²) in [4.78, 5) is 0. The van der Waals surface area contributed by atoms with Gasteiger partial charge in [0.05, 0.1) is 12.7 Å². The fourth-order valence-electron chi connectivity index (χ4n) is 1.88. The lowest BCUT2D eigenvalue weighted by Gasteiger charge is -2.19. The molecule has 0 amide bonds. The van der Waals surface area contributed by atoms with Crippen molar-refractivity contribution in [3.63, 3.8) is 0 Å². The Kier molecular flexibility index (Phi) is 6.06. The lowest BCUT2D eigenvalue weighted by atomic mass is 9.95. The van der Waals surface area contributed by atoms with Crippen molar-refractivity contribution in [2.24, 2.45) is 5.92 Å². The Morgan fingerprint density at radius 1 is 1.27 bits per heavy atom. The van der Waals surface area contributed by atoms with Gasteiger partial charge in [-0.25, -0.2) is 0 Å². The topological polar surface area (TPSA) is 12.5 Å². The van der Waals surface area contributed by atoms with E-state index in [1.54, 1.807) is 0 Å². The molecule has 0 spiro atoms. The number of hydrogen-bond acceptors (Lipinski definition) is 1. The van der Waals surface area contributed by atoms with E-state index in [2.05, 4.69) is 6.92 Å². The van der Waals surface area contributed by atoms with E-state index in [-0.39, 0.29) is 0 Å². The maximum atomic E-state index is 5.82. The molecule has 1 rings (SSSR count). The van der Waals surface area contributed by atoms with Crippen LogP contribution < -0.4 is 0 Å². The van der Waals surface area contributed by atoms with Gasteiger partial charge in [-0.05, 0) is 18.8 Å². The Hall–Kier alpha value is 0.830. The van der Waals surface area contributed by atoms with E-state index in [0.717, 1.165) is 13.0 Å². The van der Waals surface area contributed by atoms with E-state index >= 15 is 0 Å². The molecule has 1 saturated heterocycles. The number of epoxide rings is 1. The number of ether oxygens (including phenoxy) is 1. The van der Waals surface area contributed by atoms with Gasteiger partial charge in [0, 0.05) is 0 Å². The summed E-state index contributed by atoms with van der Waals surface area (Å²) in [7, 11) is 0. The van der Waals surface area contributed by atoms with E-state index in [0.29, 0.717) is 18.4 Å². The number of hydrogen-bond donors (Lipinski definition) is 0. The van der Waals surface area contributed by atoms with Gasteiger partial charge in [0.25, 0.3) is 0 Å². The third-order valence-corrected chi connectivity index (χ3v) is 3.27. The van der Waals surface area contributed by atoms with Crippen LogP contribution in [0.25, 0.3) is 0 Å². The number of halogens is 3. The van der Waals surface area contributed by atoms with Gasteiger partial charge in [-0.3, -0.25) is 0 Å². The molecule has 15 heavy (non-hydrogen) atoms. The predicted octanol–water partition coefficient (Wildman–Crippen LogP) is 4.73. The zero-order chi connectivity index (χ0) is 11.3. The molecule has 0 radical (unpaired) electrons. The molecule has 0 saturated carbocycles. The van der Waals surface area contributed by atoms with Crippen LogP contribution in [0.2, 0.25) is 0 Å². The summed E-state index contributed by atoms with van der Waals surface area (Å²) < 4.78 is 4.17. The molecule has 1 heterocycles. The van der Waals surface area contributed by atoms with Crippen molar-refractivity contribution in [1.82, 2.24) is 0 Å². The number of rotatable bonds is 7. The third-order valence-electron chi connectivity index (χ3n) is 2.81. The summed E-state index contributed by atoms with van der Waals surface area (Å²) in [5, 5.41) is 0. The smallest absolute Gasteiger partial charge is 0.191 e. The minimum Gasteiger partial charge on any atom is -0.373 e. The van der Waals surface area contributed by atoms with Crippen molar-refractivity contribution in [2.75, 3.05) is 6.61 Å². The largest absolute Gasteiger partial charge is 0.373 e. The molecule has 2 atom stereocenters. The van der Waals surface area contributed by atoms with Gasteiger partial charge in [0.15, 0.2) is 3.79 Å². The molecule has 0 aromatic rings. The molecule has 0 bridgehead atoms. The summed E-state index contributed by atoms with van der Waals surface area (Å²) >= 11 is 17.4. The van der Waals surface area contributed by atoms with Crippen LogP contribution in [0, 0.1) is 5.92 Å². The van der Waals surface area contributed by atoms with E-state index in [1.807, 2.05) is 0 Å². The van der Waals surface area contributed by atoms with Crippen LogP contribution in [0.3, 0.4) is 0 Å². The van der Waals surface area contributed by atoms with E-state index in [4.69, 9.17) is 39.5 Å². The van der Waals surface area contributed by atoms with E-state index in [1.165, 1.54) is 25.7 Å². The molecule has 2 unspecified atom stereocenters. The highest BCUT2D eigenvalue weighted by Gasteiger charge is 2.37. The fourth-order valence-corrected chi connectivity index (χ4v) is 2.47. The van der Waals surface area contributed by atoms with E-state index in [9.17, 15) is 0 Å². The van der Waals surface area contributed by atoms with Crippen LogP contribution in [0.1, 0.15) is 45.4 Å². The Morgan fingerprint density at radius 3 is 2.40 bits per heavy atom. The van der Waals surface area contributed by atoms with Crippen molar-refractivity contribution in [3.8, 4) is 0 Å². The first-order valence-electron chi connectivity index (χ1n) is 5.71. The van der Waals surface area contributed by atoms with Gasteiger partial charge >= 0.3 is 0 Å². The minimum absolute atomic E-state index is 0.349. The monoisotopic (exact) mass is 272 g/mol. The van der Waals surface area contributed by atoms with Gasteiger partial charge in [-0.1, -0.05) is 67.4 Å². The molecule has 1 aliphatic heterocycles. The maximum absolute atomic E-state index is 5.82. The van der Waals surface area contributed by atoms with Crippen molar-refractivity contribution < 1.29 is 4.74 Å². The summed E-state index contributed by atoms with van der Waals surface area (Å²) in [6.07, 6.45) is 7.15. The zero-order valence-electron chi connectivity index (χ0n) is 9.15. The average Bonchev–Trinajstić information content (AvgIpc) is 2.91. The third kappa shape index (κ3) is 6.88. The van der Waals surface area contributed by atoms with E-state index < -0.39 is 3.79 Å². The van der Waals surface area contributed by atoms with Crippen molar-refractivity contribution >= 4 is 34.8 Å². The summed E-state index contributed by atoms with van der Waals surface area (Å²) in [5.74, 6) is 0.425. The van der Waals surface area contributed by atoms with Crippen molar-refractivity contribution in [3.05, 3.63) is 0 Å². The molecule has 0 aromatic heterocycles. The maximum Gasteiger partial charge on any atom is 0.191 e. The molecule has 0 aliphatic carbocycles. The highest BCUT2D eigenvalue weighted by Crippen LogP contribution is 2.39. The molecular weight excluding hydrogens is 254 g/mol. The fraction of sp³-hybridized carbons (Fsp3) is 1.00. The number of alkyl halides is 3. The molecule has 1 nitrogen and oxygen atoms in total. The lowest BCUT2D eigenvalue weighted by Crippen LogP contribution is -2.17. The Morgan fingerprint density at radius 2 is 1.93 bits per heavy atom. The van der Waals surface area contributed by atoms with Gasteiger partial charge < -0.3 is 4.74 Å². The molecule has 90 valence electrons. The van der Waals surface area contributed by atoms with Gasteiger partial charge in [0.1, 0.15) is 0 Å². The molecule has 1 fully saturated rings. The van der Waals surface area contributed by atoms with Crippen molar-refractivity contribution in [1.29, 1.82) is 0 Å². The van der Waals surface area contributed by atoms with Gasteiger partial charge in [0.2, 0.25) is 0 Å². The van der Waals surface area contributed by atoms with Gasteiger partial charge in [-0.2, -0.15) is 0 Å². The highest BCUT2D eigenvalue weighted by atomic mass is 35.6. The first-order valence-corrected chi connectivity index (χ1v) is 6.84. The Balaban J connectivity index is 2.19. The quantitative estimate of drug-likeness (QED) is 0.371. The molecular formula is C11H19Cl3O. The minimum atomic E-state index is -1.12. The SMILES string of the molecule is CCCCCCC(CC(Cl)(Cl)Cl)C1CO1. The second-order valence-electron chi connectivity index (χ2n) is 4.30. The van der Waals surface area contributed by atoms with Gasteiger partial charge in [-0.15, -0.1) is 0 Å².